The maximum Gasteiger partial charge on any atom is 0.313 e. The molecular weight excluding hydrogens is 354 g/mol. The zero-order valence-corrected chi connectivity index (χ0v) is 15.4. The smallest absolute Gasteiger partial charge is 0.313 e. The molecular formula is C21H19N5O2. The Hall–Kier alpha value is -3.61. The molecule has 28 heavy (non-hydrogen) atoms. The quantitative estimate of drug-likeness (QED) is 0.483. The van der Waals surface area contributed by atoms with Crippen molar-refractivity contribution in [3.63, 3.8) is 0 Å². The molecule has 3 heterocycles. The molecule has 7 heteroatoms. The second-order valence-corrected chi connectivity index (χ2v) is 6.27. The number of carbonyl (C=O) groups is 1. The summed E-state index contributed by atoms with van der Waals surface area (Å²) in [6, 6.07) is 13.9. The second-order valence-electron chi connectivity index (χ2n) is 6.27. The van der Waals surface area contributed by atoms with Gasteiger partial charge in [-0.2, -0.15) is 0 Å². The number of pyridine rings is 1. The van der Waals surface area contributed by atoms with E-state index >= 15 is 0 Å². The van der Waals surface area contributed by atoms with Crippen LogP contribution in [0.25, 0.3) is 16.9 Å². The van der Waals surface area contributed by atoms with Crippen LogP contribution in [-0.2, 0) is 22.4 Å². The van der Waals surface area contributed by atoms with Crippen LogP contribution in [0.2, 0.25) is 0 Å². The molecule has 4 rings (SSSR count). The lowest BCUT2D eigenvalue weighted by atomic mass is 10.1. The summed E-state index contributed by atoms with van der Waals surface area (Å²) in [7, 11) is 0. The van der Waals surface area contributed by atoms with Crippen molar-refractivity contribution in [3.8, 4) is 11.3 Å². The molecule has 1 aromatic carbocycles. The van der Waals surface area contributed by atoms with E-state index in [1.54, 1.807) is 19.3 Å². The van der Waals surface area contributed by atoms with Crippen molar-refractivity contribution in [2.24, 2.45) is 0 Å². The van der Waals surface area contributed by atoms with Gasteiger partial charge in [0.25, 0.3) is 0 Å². The Labute approximate surface area is 162 Å². The minimum absolute atomic E-state index is 0.0519. The third-order valence-corrected chi connectivity index (χ3v) is 4.31. The van der Waals surface area contributed by atoms with Gasteiger partial charge in [0.1, 0.15) is 12.2 Å². The van der Waals surface area contributed by atoms with E-state index in [9.17, 15) is 4.79 Å². The number of benzene rings is 1. The van der Waals surface area contributed by atoms with Crippen LogP contribution in [0.1, 0.15) is 24.0 Å². The van der Waals surface area contributed by atoms with Gasteiger partial charge in [-0.1, -0.05) is 30.3 Å². The van der Waals surface area contributed by atoms with Gasteiger partial charge in [-0.05, 0) is 24.6 Å². The molecule has 0 unspecified atom stereocenters. The van der Waals surface area contributed by atoms with Gasteiger partial charge in [0, 0.05) is 30.6 Å². The van der Waals surface area contributed by atoms with E-state index in [4.69, 9.17) is 9.72 Å². The van der Waals surface area contributed by atoms with Crippen LogP contribution in [0.4, 0.5) is 0 Å². The van der Waals surface area contributed by atoms with Gasteiger partial charge in [0.05, 0.1) is 18.0 Å². The molecule has 0 saturated heterocycles. The Balaban J connectivity index is 1.82. The Kier molecular flexibility index (Phi) is 5.05. The number of esters is 1. The standard InChI is InChI=1S/C21H19N5O2/c1-2-28-20(27)12-19-24-25-21-17(11-15-7-4-3-5-8-15)23-18(14-26(19)21)16-9-6-10-22-13-16/h3-10,13-14H,2,11-12H2,1H3. The lowest BCUT2D eigenvalue weighted by Gasteiger charge is -2.08. The van der Waals surface area contributed by atoms with Crippen molar-refractivity contribution in [2.45, 2.75) is 19.8 Å². The van der Waals surface area contributed by atoms with Crippen LogP contribution >= 0.6 is 0 Å². The average Bonchev–Trinajstić information content (AvgIpc) is 3.12. The SMILES string of the molecule is CCOC(=O)Cc1nnc2c(Cc3ccccc3)nc(-c3cccnc3)cn12. The first-order valence-corrected chi connectivity index (χ1v) is 9.08. The predicted octanol–water partition coefficient (Wildman–Crippen LogP) is 2.88. The van der Waals surface area contributed by atoms with Gasteiger partial charge in [-0.15, -0.1) is 10.2 Å². The first-order chi connectivity index (χ1) is 13.7. The van der Waals surface area contributed by atoms with Crippen LogP contribution in [0.15, 0.2) is 61.1 Å². The molecule has 0 aliphatic heterocycles. The molecule has 0 aliphatic carbocycles. The highest BCUT2D eigenvalue weighted by molar-refractivity contribution is 5.72. The summed E-state index contributed by atoms with van der Waals surface area (Å²) in [5.41, 5.74) is 4.17. The first-order valence-electron chi connectivity index (χ1n) is 9.08. The summed E-state index contributed by atoms with van der Waals surface area (Å²) >= 11 is 0. The molecule has 0 spiro atoms. The van der Waals surface area contributed by atoms with Crippen LogP contribution in [0.5, 0.6) is 0 Å². The molecule has 0 amide bonds. The van der Waals surface area contributed by atoms with Crippen molar-refractivity contribution < 1.29 is 9.53 Å². The highest BCUT2D eigenvalue weighted by atomic mass is 16.5. The minimum Gasteiger partial charge on any atom is -0.466 e. The Morgan fingerprint density at radius 2 is 1.96 bits per heavy atom. The maximum atomic E-state index is 12.0. The summed E-state index contributed by atoms with van der Waals surface area (Å²) in [5.74, 6) is 0.191. The molecule has 0 saturated carbocycles. The zero-order chi connectivity index (χ0) is 19.3. The normalized spacial score (nSPS) is 10.9. The molecule has 0 radical (unpaired) electrons. The number of rotatable bonds is 6. The summed E-state index contributed by atoms with van der Waals surface area (Å²) in [6.07, 6.45) is 5.98. The molecule has 0 fully saturated rings. The van der Waals surface area contributed by atoms with E-state index in [0.29, 0.717) is 24.5 Å². The molecule has 0 atom stereocenters. The van der Waals surface area contributed by atoms with Gasteiger partial charge < -0.3 is 4.74 Å². The van der Waals surface area contributed by atoms with Crippen molar-refractivity contribution in [1.29, 1.82) is 0 Å². The van der Waals surface area contributed by atoms with Crippen molar-refractivity contribution in [1.82, 2.24) is 24.6 Å². The predicted molar refractivity (Wildman–Crippen MR) is 104 cm³/mol. The number of hydrogen-bond donors (Lipinski definition) is 0. The van der Waals surface area contributed by atoms with Crippen LogP contribution < -0.4 is 0 Å². The summed E-state index contributed by atoms with van der Waals surface area (Å²) < 4.78 is 6.88. The fourth-order valence-electron chi connectivity index (χ4n) is 3.03. The van der Waals surface area contributed by atoms with E-state index in [2.05, 4.69) is 15.2 Å². The first kappa shape index (κ1) is 17.8. The van der Waals surface area contributed by atoms with E-state index < -0.39 is 0 Å². The topological polar surface area (TPSA) is 82.3 Å². The molecule has 0 bridgehead atoms. The Morgan fingerprint density at radius 3 is 2.71 bits per heavy atom. The Bertz CT molecular complexity index is 1090. The van der Waals surface area contributed by atoms with E-state index in [-0.39, 0.29) is 12.4 Å². The van der Waals surface area contributed by atoms with Crippen molar-refractivity contribution in [3.05, 3.63) is 78.1 Å². The number of ether oxygens (including phenoxy) is 1. The van der Waals surface area contributed by atoms with Gasteiger partial charge in [0.15, 0.2) is 5.65 Å². The molecule has 0 N–H and O–H groups in total. The fraction of sp³-hybridized carbons (Fsp3) is 0.190. The zero-order valence-electron chi connectivity index (χ0n) is 15.4. The van der Waals surface area contributed by atoms with Crippen molar-refractivity contribution >= 4 is 11.6 Å². The molecule has 4 aromatic rings. The second kappa shape index (κ2) is 7.96. The minimum atomic E-state index is -0.332. The number of aromatic nitrogens is 5. The number of hydrogen-bond acceptors (Lipinski definition) is 6. The molecule has 7 nitrogen and oxygen atoms in total. The largest absolute Gasteiger partial charge is 0.466 e. The number of nitrogens with zero attached hydrogens (tertiary/aromatic N) is 5. The number of fused-ring (bicyclic) bond motifs is 1. The lowest BCUT2D eigenvalue weighted by molar-refractivity contribution is -0.142. The van der Waals surface area contributed by atoms with Crippen LogP contribution in [-0.4, -0.2) is 37.1 Å². The molecule has 3 aromatic heterocycles. The highest BCUT2D eigenvalue weighted by Gasteiger charge is 2.17. The highest BCUT2D eigenvalue weighted by Crippen LogP contribution is 2.21. The summed E-state index contributed by atoms with van der Waals surface area (Å²) in [5, 5.41) is 8.50. The molecule has 140 valence electrons. The van der Waals surface area contributed by atoms with Gasteiger partial charge in [-0.3, -0.25) is 14.2 Å². The van der Waals surface area contributed by atoms with Gasteiger partial charge in [0.2, 0.25) is 0 Å². The number of carbonyl (C=O) groups excluding carboxylic acids is 1. The van der Waals surface area contributed by atoms with E-state index in [0.717, 1.165) is 22.5 Å². The lowest BCUT2D eigenvalue weighted by Crippen LogP contribution is -2.11. The van der Waals surface area contributed by atoms with Crippen LogP contribution in [0, 0.1) is 0 Å². The monoisotopic (exact) mass is 373 g/mol. The molecule has 0 aliphatic rings. The van der Waals surface area contributed by atoms with Crippen LogP contribution in [0.3, 0.4) is 0 Å². The fourth-order valence-corrected chi connectivity index (χ4v) is 3.03. The van der Waals surface area contributed by atoms with Gasteiger partial charge >= 0.3 is 5.97 Å². The Morgan fingerprint density at radius 1 is 1.11 bits per heavy atom. The average molecular weight is 373 g/mol. The van der Waals surface area contributed by atoms with Gasteiger partial charge in [-0.25, -0.2) is 4.98 Å². The summed E-state index contributed by atoms with van der Waals surface area (Å²) in [4.78, 5) is 21.0. The van der Waals surface area contributed by atoms with Crippen molar-refractivity contribution in [2.75, 3.05) is 6.61 Å². The van der Waals surface area contributed by atoms with E-state index in [1.165, 1.54) is 0 Å². The third kappa shape index (κ3) is 3.73. The maximum absolute atomic E-state index is 12.0. The van der Waals surface area contributed by atoms with E-state index in [1.807, 2.05) is 53.1 Å². The summed E-state index contributed by atoms with van der Waals surface area (Å²) in [6.45, 7) is 2.11. The third-order valence-electron chi connectivity index (χ3n) is 4.31.